The molecular weight excluding hydrogens is 423 g/mol. The van der Waals surface area contributed by atoms with E-state index in [-0.39, 0.29) is 17.9 Å². The van der Waals surface area contributed by atoms with Gasteiger partial charge in [-0.15, -0.1) is 0 Å². The highest BCUT2D eigenvalue weighted by atomic mass is 32.2. The number of ether oxygens (including phenoxy) is 1. The predicted molar refractivity (Wildman–Crippen MR) is 105 cm³/mol. The second-order valence-electron chi connectivity index (χ2n) is 7.26. The Balaban J connectivity index is 2.31. The number of sulfone groups is 1. The molecule has 7 nitrogen and oxygen atoms in total. The minimum absolute atomic E-state index is 0.0356. The number of hydrogen-bond donors (Lipinski definition) is 1. The summed E-state index contributed by atoms with van der Waals surface area (Å²) in [6.45, 7) is 8.36. The third-order valence-electron chi connectivity index (χ3n) is 4.47. The molecule has 0 aliphatic rings. The molecule has 0 bridgehead atoms. The van der Waals surface area contributed by atoms with Crippen LogP contribution in [0, 0.1) is 19.8 Å². The first-order valence-electron chi connectivity index (χ1n) is 9.10. The van der Waals surface area contributed by atoms with Gasteiger partial charge in [-0.05, 0) is 38.0 Å². The molecular formula is C19H24F3N3O4S. The van der Waals surface area contributed by atoms with Gasteiger partial charge in [0.1, 0.15) is 5.75 Å². The molecule has 0 spiro atoms. The van der Waals surface area contributed by atoms with Gasteiger partial charge in [0, 0.05) is 17.8 Å². The Bertz CT molecular complexity index is 1040. The van der Waals surface area contributed by atoms with Crippen molar-refractivity contribution >= 4 is 21.4 Å². The van der Waals surface area contributed by atoms with E-state index in [1.807, 2.05) is 20.8 Å². The summed E-state index contributed by atoms with van der Waals surface area (Å²) in [5, 5.41) is 6.87. The Kier molecular flexibility index (Phi) is 6.85. The smallest absolute Gasteiger partial charge is 0.495 e. The quantitative estimate of drug-likeness (QED) is 0.700. The molecule has 1 N–H and O–H groups in total. The fourth-order valence-corrected chi connectivity index (χ4v) is 3.74. The number of methoxy groups -OCH3 is 1. The molecule has 30 heavy (non-hydrogen) atoms. The number of carbonyl (C=O) groups excluding carboxylic acids is 1. The van der Waals surface area contributed by atoms with Crippen molar-refractivity contribution in [2.45, 2.75) is 51.1 Å². The number of rotatable bonds is 7. The van der Waals surface area contributed by atoms with Crippen LogP contribution in [0.4, 0.5) is 18.9 Å². The number of anilines is 1. The Morgan fingerprint density at radius 1 is 1.27 bits per heavy atom. The molecule has 1 amide bonds. The van der Waals surface area contributed by atoms with Crippen LogP contribution in [0.3, 0.4) is 0 Å². The molecule has 1 aromatic heterocycles. The summed E-state index contributed by atoms with van der Waals surface area (Å²) in [6.07, 6.45) is -0.0742. The molecule has 0 fully saturated rings. The molecule has 2 aromatic rings. The minimum Gasteiger partial charge on any atom is -0.495 e. The maximum absolute atomic E-state index is 12.8. The van der Waals surface area contributed by atoms with Gasteiger partial charge in [0.25, 0.3) is 9.84 Å². The Morgan fingerprint density at radius 3 is 2.43 bits per heavy atom. The van der Waals surface area contributed by atoms with Crippen LogP contribution in [0.15, 0.2) is 23.1 Å². The molecule has 166 valence electrons. The number of benzene rings is 1. The topological polar surface area (TPSA) is 90.3 Å². The van der Waals surface area contributed by atoms with Crippen molar-refractivity contribution in [2.24, 2.45) is 5.92 Å². The van der Waals surface area contributed by atoms with Crippen LogP contribution in [0.5, 0.6) is 5.75 Å². The lowest BCUT2D eigenvalue weighted by molar-refractivity contribution is -0.115. The predicted octanol–water partition coefficient (Wildman–Crippen LogP) is 3.64. The van der Waals surface area contributed by atoms with Gasteiger partial charge in [0.2, 0.25) is 5.91 Å². The highest BCUT2D eigenvalue weighted by Gasteiger charge is 2.47. The van der Waals surface area contributed by atoms with E-state index in [1.165, 1.54) is 7.11 Å². The first-order valence-corrected chi connectivity index (χ1v) is 10.6. The maximum atomic E-state index is 12.8. The van der Waals surface area contributed by atoms with Gasteiger partial charge >= 0.3 is 5.51 Å². The van der Waals surface area contributed by atoms with E-state index in [4.69, 9.17) is 4.74 Å². The third-order valence-corrected chi connectivity index (χ3v) is 5.95. The van der Waals surface area contributed by atoms with Gasteiger partial charge in [0.05, 0.1) is 29.8 Å². The summed E-state index contributed by atoms with van der Waals surface area (Å²) in [6, 6.07) is 2.58. The lowest BCUT2D eigenvalue weighted by Crippen LogP contribution is -2.23. The number of alkyl halides is 3. The fraction of sp³-hybridized carbons (Fsp3) is 0.474. The highest BCUT2D eigenvalue weighted by molar-refractivity contribution is 7.92. The van der Waals surface area contributed by atoms with E-state index in [1.54, 1.807) is 11.6 Å². The van der Waals surface area contributed by atoms with Gasteiger partial charge in [-0.2, -0.15) is 18.3 Å². The van der Waals surface area contributed by atoms with Gasteiger partial charge in [-0.1, -0.05) is 13.8 Å². The van der Waals surface area contributed by atoms with Crippen molar-refractivity contribution in [1.29, 1.82) is 0 Å². The molecule has 0 saturated heterocycles. The van der Waals surface area contributed by atoms with Crippen LogP contribution in [0.2, 0.25) is 0 Å². The zero-order valence-corrected chi connectivity index (χ0v) is 18.1. The van der Waals surface area contributed by atoms with Gasteiger partial charge in [0.15, 0.2) is 0 Å². The van der Waals surface area contributed by atoms with Gasteiger partial charge < -0.3 is 10.1 Å². The standard InChI is InChI=1S/C19H24F3N3O4S/c1-11(2)10-25-13(4)15(12(3)24-25)9-18(26)23-16-8-14(6-7-17(16)29-5)30(27,28)19(20,21)22/h6-8,11H,9-10H2,1-5H3,(H,23,26). The van der Waals surface area contributed by atoms with Crippen molar-refractivity contribution < 1.29 is 31.1 Å². The van der Waals surface area contributed by atoms with Crippen LogP contribution in [0.25, 0.3) is 0 Å². The molecule has 0 saturated carbocycles. The zero-order chi connectivity index (χ0) is 22.9. The first kappa shape index (κ1) is 23.7. The summed E-state index contributed by atoms with van der Waals surface area (Å²) >= 11 is 0. The van der Waals surface area contributed by atoms with E-state index in [0.717, 1.165) is 23.9 Å². The van der Waals surface area contributed by atoms with E-state index >= 15 is 0 Å². The molecule has 0 unspecified atom stereocenters. The number of hydrogen-bond acceptors (Lipinski definition) is 5. The molecule has 1 heterocycles. The average Bonchev–Trinajstić information content (AvgIpc) is 2.87. The fourth-order valence-electron chi connectivity index (χ4n) is 2.95. The monoisotopic (exact) mass is 447 g/mol. The summed E-state index contributed by atoms with van der Waals surface area (Å²) in [4.78, 5) is 11.6. The van der Waals surface area contributed by atoms with Crippen molar-refractivity contribution in [3.05, 3.63) is 35.2 Å². The van der Waals surface area contributed by atoms with E-state index in [2.05, 4.69) is 10.4 Å². The Morgan fingerprint density at radius 2 is 1.90 bits per heavy atom. The largest absolute Gasteiger partial charge is 0.501 e. The van der Waals surface area contributed by atoms with Crippen molar-refractivity contribution in [3.8, 4) is 5.75 Å². The summed E-state index contributed by atoms with van der Waals surface area (Å²) in [7, 11) is -4.30. The van der Waals surface area contributed by atoms with Crippen LogP contribution in [-0.4, -0.2) is 36.7 Å². The molecule has 2 rings (SSSR count). The third kappa shape index (κ3) is 4.94. The van der Waals surface area contributed by atoms with Crippen LogP contribution >= 0.6 is 0 Å². The van der Waals surface area contributed by atoms with Gasteiger partial charge in [-0.3, -0.25) is 9.48 Å². The minimum atomic E-state index is -5.56. The summed E-state index contributed by atoms with van der Waals surface area (Å²) < 4.78 is 68.7. The highest BCUT2D eigenvalue weighted by Crippen LogP contribution is 2.34. The molecule has 0 aliphatic heterocycles. The van der Waals surface area contributed by atoms with Crippen LogP contribution in [-0.2, 0) is 27.6 Å². The Hall–Kier alpha value is -2.56. The lowest BCUT2D eigenvalue weighted by atomic mass is 10.1. The zero-order valence-electron chi connectivity index (χ0n) is 17.3. The summed E-state index contributed by atoms with van der Waals surface area (Å²) in [5.41, 5.74) is -3.44. The number of amides is 1. The van der Waals surface area contributed by atoms with E-state index in [0.29, 0.717) is 23.7 Å². The first-order chi connectivity index (χ1) is 13.8. The maximum Gasteiger partial charge on any atom is 0.501 e. The summed E-state index contributed by atoms with van der Waals surface area (Å²) in [5.74, 6) is -0.147. The SMILES string of the molecule is COc1ccc(S(=O)(=O)C(F)(F)F)cc1NC(=O)Cc1c(C)nn(CC(C)C)c1C. The van der Waals surface area contributed by atoms with E-state index in [9.17, 15) is 26.4 Å². The van der Waals surface area contributed by atoms with Crippen LogP contribution < -0.4 is 10.1 Å². The number of aromatic nitrogens is 2. The Labute approximate surface area is 173 Å². The second-order valence-corrected chi connectivity index (χ2v) is 9.20. The van der Waals surface area contributed by atoms with Gasteiger partial charge in [-0.25, -0.2) is 8.42 Å². The van der Waals surface area contributed by atoms with Crippen LogP contribution in [0.1, 0.15) is 30.8 Å². The van der Waals surface area contributed by atoms with Crippen molar-refractivity contribution in [2.75, 3.05) is 12.4 Å². The molecule has 1 aromatic carbocycles. The second kappa shape index (κ2) is 8.66. The molecule has 11 heteroatoms. The number of nitrogens with one attached hydrogen (secondary N) is 1. The van der Waals surface area contributed by atoms with Crippen molar-refractivity contribution in [3.63, 3.8) is 0 Å². The van der Waals surface area contributed by atoms with Crippen molar-refractivity contribution in [1.82, 2.24) is 9.78 Å². The number of aryl methyl sites for hydroxylation is 1. The number of carbonyl (C=O) groups is 1. The molecule has 0 atom stereocenters. The number of nitrogens with zero attached hydrogens (tertiary/aromatic N) is 2. The number of halogens is 3. The lowest BCUT2D eigenvalue weighted by Gasteiger charge is -2.14. The molecule has 0 radical (unpaired) electrons. The van der Waals surface area contributed by atoms with E-state index < -0.39 is 26.1 Å². The average molecular weight is 447 g/mol. The normalized spacial score (nSPS) is 12.3. The molecule has 0 aliphatic carbocycles.